The molecule has 17 heavy (non-hydrogen) atoms. The molecule has 1 aliphatic carbocycles. The predicted octanol–water partition coefficient (Wildman–Crippen LogP) is 3.92. The molecule has 0 aromatic heterocycles. The normalized spacial score (nSPS) is 23.5. The summed E-state index contributed by atoms with van der Waals surface area (Å²) >= 11 is 0. The molecule has 90 valence electrons. The first-order chi connectivity index (χ1) is 8.23. The zero-order valence-corrected chi connectivity index (χ0v) is 10.5. The fraction of sp³-hybridized carbons (Fsp3) is 0.375. The van der Waals surface area contributed by atoms with E-state index in [2.05, 4.69) is 49.4 Å². The summed E-state index contributed by atoms with van der Waals surface area (Å²) in [5, 5.41) is 0. The molecule has 0 bridgehead atoms. The van der Waals surface area contributed by atoms with Crippen LogP contribution >= 0.6 is 0 Å². The van der Waals surface area contributed by atoms with Gasteiger partial charge in [0.25, 0.3) is 0 Å². The Morgan fingerprint density at radius 1 is 1.24 bits per heavy atom. The van der Waals surface area contributed by atoms with Crippen LogP contribution in [0.25, 0.3) is 5.57 Å². The van der Waals surface area contributed by atoms with Crippen LogP contribution in [0, 0.1) is 0 Å². The highest BCUT2D eigenvalue weighted by Gasteiger charge is 2.22. The Labute approximate surface area is 104 Å². The van der Waals surface area contributed by atoms with Gasteiger partial charge in [-0.3, -0.25) is 0 Å². The second kappa shape index (κ2) is 5.33. The molecule has 0 spiro atoms. The van der Waals surface area contributed by atoms with Crippen molar-refractivity contribution in [2.75, 3.05) is 0 Å². The smallest absolute Gasteiger partial charge is 0.0377 e. The highest BCUT2D eigenvalue weighted by Crippen LogP contribution is 2.28. The Hall–Kier alpha value is -1.34. The maximum absolute atomic E-state index is 6.35. The molecule has 0 fully saturated rings. The highest BCUT2D eigenvalue weighted by atomic mass is 14.7. The molecule has 0 aliphatic heterocycles. The minimum Gasteiger partial charge on any atom is -0.322 e. The Kier molecular flexibility index (Phi) is 3.80. The second-order valence-electron chi connectivity index (χ2n) is 4.90. The van der Waals surface area contributed by atoms with Crippen molar-refractivity contribution in [2.24, 2.45) is 5.73 Å². The quantitative estimate of drug-likeness (QED) is 0.829. The standard InChI is InChI=1S/C16H21N/c1-2-3-11-16(17)12-9-15(10-13-16)14-7-5-4-6-8-14/h4-10,12H,2-3,11,13,17H2,1H3. The third kappa shape index (κ3) is 3.07. The van der Waals surface area contributed by atoms with E-state index in [0.717, 1.165) is 12.8 Å². The van der Waals surface area contributed by atoms with Crippen LogP contribution in [-0.4, -0.2) is 5.54 Å². The molecular formula is C16H21N. The summed E-state index contributed by atoms with van der Waals surface area (Å²) in [5.41, 5.74) is 8.81. The number of allylic oxidation sites excluding steroid dienone is 2. The van der Waals surface area contributed by atoms with Gasteiger partial charge in [-0.05, 0) is 24.0 Å². The second-order valence-corrected chi connectivity index (χ2v) is 4.90. The van der Waals surface area contributed by atoms with Gasteiger partial charge in [0.2, 0.25) is 0 Å². The molecule has 1 unspecified atom stereocenters. The topological polar surface area (TPSA) is 26.0 Å². The van der Waals surface area contributed by atoms with Gasteiger partial charge >= 0.3 is 0 Å². The molecule has 2 N–H and O–H groups in total. The lowest BCUT2D eigenvalue weighted by Crippen LogP contribution is -2.37. The Morgan fingerprint density at radius 3 is 2.59 bits per heavy atom. The van der Waals surface area contributed by atoms with Gasteiger partial charge in [0.1, 0.15) is 0 Å². The fourth-order valence-corrected chi connectivity index (χ4v) is 2.23. The van der Waals surface area contributed by atoms with Crippen LogP contribution < -0.4 is 5.73 Å². The summed E-state index contributed by atoms with van der Waals surface area (Å²) in [6.45, 7) is 2.21. The SMILES string of the molecule is CCCCC1(N)C=CC(c2ccccc2)=CC1. The molecule has 0 heterocycles. The van der Waals surface area contributed by atoms with Crippen LogP contribution in [0.2, 0.25) is 0 Å². The molecule has 0 saturated carbocycles. The summed E-state index contributed by atoms with van der Waals surface area (Å²) < 4.78 is 0. The van der Waals surface area contributed by atoms with Gasteiger partial charge in [0.05, 0.1) is 0 Å². The molecule has 0 amide bonds. The van der Waals surface area contributed by atoms with Crippen molar-refractivity contribution in [3.8, 4) is 0 Å². The van der Waals surface area contributed by atoms with Crippen molar-refractivity contribution in [1.29, 1.82) is 0 Å². The van der Waals surface area contributed by atoms with Crippen LogP contribution in [0.1, 0.15) is 38.2 Å². The van der Waals surface area contributed by atoms with Gasteiger partial charge < -0.3 is 5.73 Å². The van der Waals surface area contributed by atoms with Crippen molar-refractivity contribution in [2.45, 2.75) is 38.1 Å². The first-order valence-corrected chi connectivity index (χ1v) is 6.47. The van der Waals surface area contributed by atoms with Gasteiger partial charge in [-0.15, -0.1) is 0 Å². The molecule has 2 rings (SSSR count). The molecule has 1 heteroatoms. The lowest BCUT2D eigenvalue weighted by Gasteiger charge is -2.28. The average Bonchev–Trinajstić information content (AvgIpc) is 2.38. The largest absolute Gasteiger partial charge is 0.322 e. The van der Waals surface area contributed by atoms with Crippen LogP contribution in [0.3, 0.4) is 0 Å². The van der Waals surface area contributed by atoms with Gasteiger partial charge in [0, 0.05) is 5.54 Å². The van der Waals surface area contributed by atoms with Crippen LogP contribution in [0.5, 0.6) is 0 Å². The molecule has 1 atom stereocenters. The fourth-order valence-electron chi connectivity index (χ4n) is 2.23. The molecule has 1 aromatic rings. The van der Waals surface area contributed by atoms with E-state index in [1.807, 2.05) is 6.07 Å². The third-order valence-electron chi connectivity index (χ3n) is 3.40. The predicted molar refractivity (Wildman–Crippen MR) is 74.6 cm³/mol. The monoisotopic (exact) mass is 227 g/mol. The van der Waals surface area contributed by atoms with E-state index in [4.69, 9.17) is 5.73 Å². The maximum Gasteiger partial charge on any atom is 0.0377 e. The van der Waals surface area contributed by atoms with Crippen molar-refractivity contribution >= 4 is 5.57 Å². The summed E-state index contributed by atoms with van der Waals surface area (Å²) in [6.07, 6.45) is 11.1. The molecule has 0 radical (unpaired) electrons. The zero-order valence-electron chi connectivity index (χ0n) is 10.5. The maximum atomic E-state index is 6.35. The number of rotatable bonds is 4. The third-order valence-corrected chi connectivity index (χ3v) is 3.40. The number of hydrogen-bond acceptors (Lipinski definition) is 1. The highest BCUT2D eigenvalue weighted by molar-refractivity contribution is 5.75. The number of unbranched alkanes of at least 4 members (excludes halogenated alkanes) is 1. The van der Waals surface area contributed by atoms with Gasteiger partial charge in [-0.25, -0.2) is 0 Å². The average molecular weight is 227 g/mol. The molecule has 1 aliphatic rings. The first-order valence-electron chi connectivity index (χ1n) is 6.47. The van der Waals surface area contributed by atoms with E-state index in [1.165, 1.54) is 24.0 Å². The molecule has 1 aromatic carbocycles. The number of benzene rings is 1. The Morgan fingerprint density at radius 2 is 2.00 bits per heavy atom. The van der Waals surface area contributed by atoms with E-state index < -0.39 is 0 Å². The Balaban J connectivity index is 2.06. The van der Waals surface area contributed by atoms with Gasteiger partial charge in [0.15, 0.2) is 0 Å². The number of hydrogen-bond donors (Lipinski definition) is 1. The summed E-state index contributed by atoms with van der Waals surface area (Å²) in [6, 6.07) is 10.5. The van der Waals surface area contributed by atoms with Crippen molar-refractivity contribution in [1.82, 2.24) is 0 Å². The summed E-state index contributed by atoms with van der Waals surface area (Å²) in [7, 11) is 0. The summed E-state index contributed by atoms with van der Waals surface area (Å²) in [4.78, 5) is 0. The molecule has 0 saturated heterocycles. The lowest BCUT2D eigenvalue weighted by atomic mass is 9.84. The van der Waals surface area contributed by atoms with Crippen molar-refractivity contribution in [3.63, 3.8) is 0 Å². The van der Waals surface area contributed by atoms with Crippen LogP contribution in [0.15, 0.2) is 48.6 Å². The van der Waals surface area contributed by atoms with E-state index in [9.17, 15) is 0 Å². The van der Waals surface area contributed by atoms with Gasteiger partial charge in [-0.1, -0.05) is 68.3 Å². The zero-order chi connectivity index (χ0) is 12.1. The summed E-state index contributed by atoms with van der Waals surface area (Å²) in [5.74, 6) is 0. The minimum absolute atomic E-state index is 0.117. The Bertz CT molecular complexity index is 416. The lowest BCUT2D eigenvalue weighted by molar-refractivity contribution is 0.468. The van der Waals surface area contributed by atoms with Crippen molar-refractivity contribution < 1.29 is 0 Å². The van der Waals surface area contributed by atoms with Crippen molar-refractivity contribution in [3.05, 3.63) is 54.1 Å². The van der Waals surface area contributed by atoms with Crippen LogP contribution in [-0.2, 0) is 0 Å². The van der Waals surface area contributed by atoms with E-state index in [-0.39, 0.29) is 5.54 Å². The minimum atomic E-state index is -0.117. The molecule has 1 nitrogen and oxygen atoms in total. The van der Waals surface area contributed by atoms with E-state index in [0.29, 0.717) is 0 Å². The van der Waals surface area contributed by atoms with E-state index in [1.54, 1.807) is 0 Å². The first kappa shape index (κ1) is 12.1. The molecular weight excluding hydrogens is 206 g/mol. The van der Waals surface area contributed by atoms with Crippen LogP contribution in [0.4, 0.5) is 0 Å². The van der Waals surface area contributed by atoms with Gasteiger partial charge in [-0.2, -0.15) is 0 Å². The number of nitrogens with two attached hydrogens (primary N) is 1. The van der Waals surface area contributed by atoms with E-state index >= 15 is 0 Å².